The Hall–Kier alpha value is -2.20. The summed E-state index contributed by atoms with van der Waals surface area (Å²) < 4.78 is 12.0. The quantitative estimate of drug-likeness (QED) is 0.173. The second-order valence-corrected chi connectivity index (χ2v) is 11.7. The van der Waals surface area contributed by atoms with Crippen LogP contribution in [0.4, 0.5) is 10.5 Å². The van der Waals surface area contributed by atoms with Crippen molar-refractivity contribution in [2.45, 2.75) is 128 Å². The maximum absolute atomic E-state index is 12.6. The summed E-state index contributed by atoms with van der Waals surface area (Å²) in [6.07, 6.45) is 9.82. The molecule has 220 valence electrons. The highest BCUT2D eigenvalue weighted by molar-refractivity contribution is 5.89. The number of carboxylic acids is 1. The topological polar surface area (TPSA) is 137 Å². The van der Waals surface area contributed by atoms with Crippen LogP contribution in [0.3, 0.4) is 0 Å². The van der Waals surface area contributed by atoms with Gasteiger partial charge >= 0.3 is 12.0 Å². The first kappa shape index (κ1) is 31.3. The molecule has 1 aliphatic carbocycles. The highest BCUT2D eigenvalue weighted by Crippen LogP contribution is 2.74. The molecule has 0 spiro atoms. The first-order chi connectivity index (χ1) is 18.5. The van der Waals surface area contributed by atoms with E-state index in [-0.39, 0.29) is 6.42 Å². The Kier molecular flexibility index (Phi) is 10.8. The van der Waals surface area contributed by atoms with Crippen LogP contribution < -0.4 is 10.6 Å². The zero-order valence-corrected chi connectivity index (χ0v) is 24.0. The van der Waals surface area contributed by atoms with Crippen molar-refractivity contribution in [2.75, 3.05) is 11.9 Å². The SMILES string of the molecule is CCCCCCCCCCCCO[C@]12[C@H](O)O[C@H]([C@H](C)NC(=O)Nc3ccc(CC(=O)O)cc3)[C@@]1(O)C2(C)C. The summed E-state index contributed by atoms with van der Waals surface area (Å²) in [5.74, 6) is -0.925. The number of hydrogen-bond donors (Lipinski definition) is 5. The molecule has 0 bridgehead atoms. The number of carbonyl (C=O) groups is 2. The van der Waals surface area contributed by atoms with Gasteiger partial charge in [-0.25, -0.2) is 4.79 Å². The average Bonchev–Trinajstić information content (AvgIpc) is 3.11. The summed E-state index contributed by atoms with van der Waals surface area (Å²) in [7, 11) is 0. The Morgan fingerprint density at radius 3 is 2.10 bits per heavy atom. The largest absolute Gasteiger partial charge is 0.481 e. The molecular weight excluding hydrogens is 500 g/mol. The number of aliphatic carboxylic acids is 1. The number of benzene rings is 1. The van der Waals surface area contributed by atoms with Gasteiger partial charge in [0.2, 0.25) is 0 Å². The maximum atomic E-state index is 12.6. The van der Waals surface area contributed by atoms with Gasteiger partial charge in [-0.3, -0.25) is 4.79 Å². The molecule has 3 rings (SSSR count). The summed E-state index contributed by atoms with van der Waals surface area (Å²) >= 11 is 0. The van der Waals surface area contributed by atoms with E-state index >= 15 is 0 Å². The molecule has 1 saturated carbocycles. The van der Waals surface area contributed by atoms with E-state index in [2.05, 4.69) is 17.6 Å². The summed E-state index contributed by atoms with van der Waals surface area (Å²) in [5.41, 5.74) is -2.32. The van der Waals surface area contributed by atoms with Crippen LogP contribution in [-0.2, 0) is 20.7 Å². The number of anilines is 1. The summed E-state index contributed by atoms with van der Waals surface area (Å²) in [6, 6.07) is 5.40. The van der Waals surface area contributed by atoms with Crippen LogP contribution in [0.15, 0.2) is 24.3 Å². The third kappa shape index (κ3) is 6.59. The number of fused-ring (bicyclic) bond motifs is 1. The molecule has 5 N–H and O–H groups in total. The van der Waals surface area contributed by atoms with Crippen molar-refractivity contribution in [1.29, 1.82) is 0 Å². The molecule has 1 saturated heterocycles. The number of amides is 2. The van der Waals surface area contributed by atoms with E-state index in [0.29, 0.717) is 17.9 Å². The first-order valence-corrected chi connectivity index (χ1v) is 14.6. The van der Waals surface area contributed by atoms with E-state index < -0.39 is 47.1 Å². The standard InChI is InChI=1S/C30H48N2O7/c1-5-6-7-8-9-10-11-12-13-14-19-38-30-26(35)39-25(29(30,37)28(30,3)4)21(2)31-27(36)32-23-17-15-22(16-18-23)20-24(33)34/h15-18,21,25-26,35,37H,5-14,19-20H2,1-4H3,(H,33,34)(H2,31,32,36)/t21-,25+,26+,29+,30-/m0/s1. The molecule has 5 atom stereocenters. The van der Waals surface area contributed by atoms with Crippen molar-refractivity contribution in [1.82, 2.24) is 5.32 Å². The predicted octanol–water partition coefficient (Wildman–Crippen LogP) is 4.99. The van der Waals surface area contributed by atoms with Crippen LogP contribution in [0.2, 0.25) is 0 Å². The fourth-order valence-electron chi connectivity index (χ4n) is 6.27. The molecule has 39 heavy (non-hydrogen) atoms. The number of hydrogen-bond acceptors (Lipinski definition) is 6. The molecule has 1 aromatic carbocycles. The van der Waals surface area contributed by atoms with Crippen molar-refractivity contribution in [3.05, 3.63) is 29.8 Å². The molecule has 2 fully saturated rings. The minimum atomic E-state index is -1.46. The lowest BCUT2D eigenvalue weighted by Gasteiger charge is -2.29. The van der Waals surface area contributed by atoms with E-state index in [0.717, 1.165) is 19.3 Å². The molecule has 1 aromatic rings. The lowest BCUT2D eigenvalue weighted by Crippen LogP contribution is -2.51. The molecule has 9 nitrogen and oxygen atoms in total. The van der Waals surface area contributed by atoms with Crippen LogP contribution >= 0.6 is 0 Å². The number of carboxylic acid groups (broad SMARTS) is 1. The van der Waals surface area contributed by atoms with E-state index in [1.165, 1.54) is 44.9 Å². The maximum Gasteiger partial charge on any atom is 0.319 e. The Morgan fingerprint density at radius 2 is 1.56 bits per heavy atom. The molecule has 2 aliphatic rings. The van der Waals surface area contributed by atoms with Gasteiger partial charge in [0.15, 0.2) is 11.9 Å². The highest BCUT2D eigenvalue weighted by Gasteiger charge is 2.94. The fourth-order valence-corrected chi connectivity index (χ4v) is 6.27. The number of ether oxygens (including phenoxy) is 2. The van der Waals surface area contributed by atoms with Crippen molar-refractivity contribution in [3.63, 3.8) is 0 Å². The molecule has 1 heterocycles. The Balaban J connectivity index is 1.45. The van der Waals surface area contributed by atoms with Gasteiger partial charge in [0, 0.05) is 17.7 Å². The lowest BCUT2D eigenvalue weighted by atomic mass is 9.97. The second-order valence-electron chi connectivity index (χ2n) is 11.7. The molecular formula is C30H48N2O7. The Bertz CT molecular complexity index is 953. The van der Waals surface area contributed by atoms with Crippen molar-refractivity contribution < 1.29 is 34.4 Å². The zero-order chi connectivity index (χ0) is 28.7. The third-order valence-electron chi connectivity index (χ3n) is 8.63. The first-order valence-electron chi connectivity index (χ1n) is 14.6. The second kappa shape index (κ2) is 13.4. The number of rotatable bonds is 17. The van der Waals surface area contributed by atoms with Gasteiger partial charge in [-0.05, 0) is 31.0 Å². The zero-order valence-electron chi connectivity index (χ0n) is 24.0. The monoisotopic (exact) mass is 548 g/mol. The Labute approximate surface area is 232 Å². The summed E-state index contributed by atoms with van der Waals surface area (Å²) in [6.45, 7) is 8.09. The van der Waals surface area contributed by atoms with Crippen molar-refractivity contribution in [3.8, 4) is 0 Å². The molecule has 1 aliphatic heterocycles. The van der Waals surface area contributed by atoms with Gasteiger partial charge in [-0.15, -0.1) is 0 Å². The number of aliphatic hydroxyl groups is 2. The number of aliphatic hydroxyl groups excluding tert-OH is 1. The number of urea groups is 1. The Morgan fingerprint density at radius 1 is 1.00 bits per heavy atom. The van der Waals surface area contributed by atoms with Gasteiger partial charge in [-0.1, -0.05) is 90.7 Å². The minimum absolute atomic E-state index is 0.0950. The summed E-state index contributed by atoms with van der Waals surface area (Å²) in [5, 5.41) is 36.9. The van der Waals surface area contributed by atoms with Gasteiger partial charge < -0.3 is 35.4 Å². The van der Waals surface area contributed by atoms with Crippen molar-refractivity contribution in [2.24, 2.45) is 5.41 Å². The van der Waals surface area contributed by atoms with Crippen LogP contribution in [-0.4, -0.2) is 63.6 Å². The summed E-state index contributed by atoms with van der Waals surface area (Å²) in [4.78, 5) is 23.5. The smallest absolute Gasteiger partial charge is 0.319 e. The van der Waals surface area contributed by atoms with Gasteiger partial charge in [0.1, 0.15) is 11.7 Å². The van der Waals surface area contributed by atoms with Gasteiger partial charge in [-0.2, -0.15) is 0 Å². The predicted molar refractivity (Wildman–Crippen MR) is 150 cm³/mol. The normalized spacial score (nSPS) is 27.5. The van der Waals surface area contributed by atoms with E-state index in [4.69, 9.17) is 14.6 Å². The molecule has 0 aromatic heterocycles. The van der Waals surface area contributed by atoms with Crippen LogP contribution in [0.1, 0.15) is 97.5 Å². The van der Waals surface area contributed by atoms with Gasteiger partial charge in [0.25, 0.3) is 0 Å². The van der Waals surface area contributed by atoms with E-state index in [1.807, 2.05) is 13.8 Å². The highest BCUT2D eigenvalue weighted by atomic mass is 16.7. The molecule has 2 amide bonds. The van der Waals surface area contributed by atoms with Crippen molar-refractivity contribution >= 4 is 17.7 Å². The molecule has 9 heteroatoms. The van der Waals surface area contributed by atoms with Crippen LogP contribution in [0.25, 0.3) is 0 Å². The molecule has 0 unspecified atom stereocenters. The fraction of sp³-hybridized carbons (Fsp3) is 0.733. The van der Waals surface area contributed by atoms with Gasteiger partial charge in [0.05, 0.1) is 12.5 Å². The van der Waals surface area contributed by atoms with E-state index in [1.54, 1.807) is 31.2 Å². The lowest BCUT2D eigenvalue weighted by molar-refractivity contribution is -0.196. The van der Waals surface area contributed by atoms with E-state index in [9.17, 15) is 19.8 Å². The minimum Gasteiger partial charge on any atom is -0.481 e. The van der Waals surface area contributed by atoms with Crippen LogP contribution in [0.5, 0.6) is 0 Å². The number of carbonyl (C=O) groups excluding carboxylic acids is 1. The van der Waals surface area contributed by atoms with Crippen LogP contribution in [0, 0.1) is 5.41 Å². The molecule has 0 radical (unpaired) electrons. The number of unbranched alkanes of at least 4 members (excludes halogenated alkanes) is 9. The third-order valence-corrected chi connectivity index (χ3v) is 8.63. The number of nitrogens with one attached hydrogen (secondary N) is 2. The average molecular weight is 549 g/mol.